The van der Waals surface area contributed by atoms with Crippen molar-refractivity contribution in [2.75, 3.05) is 0 Å². The van der Waals surface area contributed by atoms with Gasteiger partial charge in [0.1, 0.15) is 0 Å². The molecule has 0 aliphatic carbocycles. The second kappa shape index (κ2) is 2.84. The summed E-state index contributed by atoms with van der Waals surface area (Å²) in [6.07, 6.45) is 0. The van der Waals surface area contributed by atoms with Crippen molar-refractivity contribution in [2.24, 2.45) is 0 Å². The molecule has 0 spiro atoms. The van der Waals surface area contributed by atoms with Crippen LogP contribution >= 0.6 is 19.9 Å². The van der Waals surface area contributed by atoms with Crippen LogP contribution in [0.3, 0.4) is 0 Å². The number of halogens is 2. The second-order valence-electron chi connectivity index (χ2n) is 0.333. The molecule has 0 saturated carbocycles. The van der Waals surface area contributed by atoms with Crippen molar-refractivity contribution in [1.29, 1.82) is 5.26 Å². The zero-order chi connectivity index (χ0) is 4.28. The van der Waals surface area contributed by atoms with E-state index in [1.54, 1.807) is 4.86 Å². The van der Waals surface area contributed by atoms with Gasteiger partial charge in [-0.15, -0.1) is 0 Å². The summed E-state index contributed by atoms with van der Waals surface area (Å²) in [6, 6.07) is 0. The van der Waals surface area contributed by atoms with Crippen molar-refractivity contribution in [2.45, 2.75) is 0 Å². The minimum absolute atomic E-state index is 1.70. The van der Waals surface area contributed by atoms with Crippen LogP contribution in [0.1, 0.15) is 0 Å². The van der Waals surface area contributed by atoms with Gasteiger partial charge in [-0.25, -0.2) is 0 Å². The van der Waals surface area contributed by atoms with Crippen LogP contribution in [0.15, 0.2) is 0 Å². The number of nitrogens with zero attached hydrogens (tertiary/aromatic N) is 1. The molecule has 0 aromatic rings. The molecule has 0 N–H and O–H groups in total. The van der Waals surface area contributed by atoms with Crippen molar-refractivity contribution < 1.29 is 0 Å². The Labute approximate surface area is 43.1 Å². The molecule has 0 aliphatic heterocycles. The van der Waals surface area contributed by atoms with Gasteiger partial charge in [0.15, 0.2) is 0 Å². The minimum atomic E-state index is -1.95. The van der Waals surface area contributed by atoms with Crippen LogP contribution in [-0.4, -0.2) is 12.8 Å². The number of rotatable bonds is 0. The summed E-state index contributed by atoms with van der Waals surface area (Å²) in [5, 5.41) is 7.69. The summed E-state index contributed by atoms with van der Waals surface area (Å²) in [5.41, 5.74) is 0. The molecule has 0 fully saturated rings. The van der Waals surface area contributed by atoms with Gasteiger partial charge in [-0.3, -0.25) is 0 Å². The van der Waals surface area contributed by atoms with E-state index < -0.39 is 12.8 Å². The van der Waals surface area contributed by atoms with Crippen LogP contribution in [0.4, 0.5) is 0 Å². The Morgan fingerprint density at radius 1 is 1.60 bits per heavy atom. The van der Waals surface area contributed by atoms with Gasteiger partial charge in [-0.2, -0.15) is 0 Å². The first-order valence-electron chi connectivity index (χ1n) is 0.785. The average Bonchev–Trinajstić information content (AvgIpc) is 1.38. The molecule has 0 aromatic heterocycles. The Morgan fingerprint density at radius 2 is 1.80 bits per heavy atom. The van der Waals surface area contributed by atoms with Crippen molar-refractivity contribution >= 4 is 32.7 Å². The maximum absolute atomic E-state index is 7.69. The van der Waals surface area contributed by atoms with E-state index in [0.29, 0.717) is 0 Å². The molecule has 0 atom stereocenters. The van der Waals surface area contributed by atoms with E-state index in [9.17, 15) is 0 Å². The first kappa shape index (κ1) is 5.63. The van der Waals surface area contributed by atoms with Crippen LogP contribution < -0.4 is 0 Å². The summed E-state index contributed by atoms with van der Waals surface area (Å²) >= 11 is -1.95. The quantitative estimate of drug-likeness (QED) is 0.500. The number of hydrogen-bond acceptors (Lipinski definition) is 1. The molecule has 5 heavy (non-hydrogen) atoms. The summed E-state index contributed by atoms with van der Waals surface area (Å²) < 4.78 is 0. The fourth-order valence-electron chi connectivity index (χ4n) is 0. The van der Waals surface area contributed by atoms with Crippen molar-refractivity contribution in [1.82, 2.24) is 0 Å². The number of hydrogen-bond donors (Lipinski definition) is 0. The van der Waals surface area contributed by atoms with Gasteiger partial charge in [0, 0.05) is 0 Å². The molecule has 0 aliphatic rings. The van der Waals surface area contributed by atoms with Crippen LogP contribution in [0.5, 0.6) is 0 Å². The van der Waals surface area contributed by atoms with Gasteiger partial charge in [0.05, 0.1) is 0 Å². The molecule has 1 nitrogen and oxygen atoms in total. The Balaban J connectivity index is 2.94. The van der Waals surface area contributed by atoms with E-state index in [0.717, 1.165) is 0 Å². The monoisotopic (exact) mass is 171 g/mol. The third kappa shape index (κ3) is 4.63. The van der Waals surface area contributed by atoms with E-state index >= 15 is 0 Å². The fraction of sp³-hybridized carbons (Fsp3) is 0. The summed E-state index contributed by atoms with van der Waals surface area (Å²) in [7, 11) is 10.0. The van der Waals surface area contributed by atoms with Gasteiger partial charge < -0.3 is 0 Å². The van der Waals surface area contributed by atoms with Gasteiger partial charge in [-0.1, -0.05) is 0 Å². The van der Waals surface area contributed by atoms with Crippen LogP contribution in [0.2, 0.25) is 0 Å². The van der Waals surface area contributed by atoms with Gasteiger partial charge in [0.25, 0.3) is 0 Å². The van der Waals surface area contributed by atoms with E-state index in [1.165, 1.54) is 0 Å². The Hall–Kier alpha value is 0.628. The summed E-state index contributed by atoms with van der Waals surface area (Å²) in [4.78, 5) is 1.70. The fourth-order valence-corrected chi connectivity index (χ4v) is 0. The second-order valence-corrected chi connectivity index (χ2v) is 6.14. The van der Waals surface area contributed by atoms with Crippen LogP contribution in [0, 0.1) is 10.1 Å². The summed E-state index contributed by atoms with van der Waals surface area (Å²) in [5.74, 6) is 0. The number of nitriles is 1. The molecule has 0 bridgehead atoms. The predicted molar refractivity (Wildman–Crippen MR) is 23.1 cm³/mol. The summed E-state index contributed by atoms with van der Waals surface area (Å²) in [6.45, 7) is 0. The van der Waals surface area contributed by atoms with E-state index in [4.69, 9.17) is 25.2 Å². The van der Waals surface area contributed by atoms with Gasteiger partial charge in [0.2, 0.25) is 0 Å². The molecule has 28 valence electrons. The van der Waals surface area contributed by atoms with E-state index in [2.05, 4.69) is 0 Å². The standard InChI is InChI=1S/CAsCl2N/c3-2(4)1-5. The van der Waals surface area contributed by atoms with Crippen LogP contribution in [0.25, 0.3) is 0 Å². The molecule has 0 aromatic carbocycles. The Morgan fingerprint density at radius 3 is 1.80 bits per heavy atom. The molecule has 0 radical (unpaired) electrons. The molecule has 0 heterocycles. The third-order valence-corrected chi connectivity index (χ3v) is 1.18. The van der Waals surface area contributed by atoms with Crippen molar-refractivity contribution in [3.63, 3.8) is 0 Å². The maximum atomic E-state index is 7.69. The molecule has 0 unspecified atom stereocenters. The first-order chi connectivity index (χ1) is 2.27. The molecule has 0 amide bonds. The van der Waals surface area contributed by atoms with Crippen molar-refractivity contribution in [3.8, 4) is 4.86 Å². The van der Waals surface area contributed by atoms with Crippen molar-refractivity contribution in [3.05, 3.63) is 0 Å². The van der Waals surface area contributed by atoms with Gasteiger partial charge in [-0.05, 0) is 0 Å². The Bertz CT molecular complexity index is 55.2. The Kier molecular flexibility index (Phi) is 3.20. The molecule has 0 rings (SSSR count). The molecule has 0 saturated heterocycles. The predicted octanol–water partition coefficient (Wildman–Crippen LogP) is 1.01. The zero-order valence-electron chi connectivity index (χ0n) is 2.15. The zero-order valence-corrected chi connectivity index (χ0v) is 5.54. The topological polar surface area (TPSA) is 23.8 Å². The third-order valence-electron chi connectivity index (χ3n) is 0.0756. The molecular formula is CAsCl2N. The van der Waals surface area contributed by atoms with E-state index in [-0.39, 0.29) is 0 Å². The SMILES string of the molecule is N#C[As](Cl)Cl. The van der Waals surface area contributed by atoms with E-state index in [1.807, 2.05) is 0 Å². The van der Waals surface area contributed by atoms with Crippen LogP contribution in [-0.2, 0) is 0 Å². The normalized spacial score (nSPS) is 7.60. The molecular weight excluding hydrogens is 172 g/mol. The first-order valence-corrected chi connectivity index (χ1v) is 6.66. The molecule has 4 heteroatoms. The van der Waals surface area contributed by atoms with Gasteiger partial charge >= 0.3 is 42.8 Å². The average molecular weight is 172 g/mol.